The van der Waals surface area contributed by atoms with Gasteiger partial charge in [-0.2, -0.15) is 0 Å². The van der Waals surface area contributed by atoms with Crippen LogP contribution in [0.4, 0.5) is 0 Å². The van der Waals surface area contributed by atoms with Crippen LogP contribution < -0.4 is 11.0 Å². The second-order valence-corrected chi connectivity index (χ2v) is 4.31. The molecule has 0 aliphatic rings. The molecule has 2 rings (SSSR count). The minimum atomic E-state index is -0.218. The van der Waals surface area contributed by atoms with Crippen LogP contribution in [0.3, 0.4) is 0 Å². The number of nitrogens with one attached hydrogen (secondary N) is 1. The second-order valence-electron chi connectivity index (χ2n) is 4.31. The zero-order chi connectivity index (χ0) is 13.0. The molecule has 0 radical (unpaired) electrons. The highest BCUT2D eigenvalue weighted by Gasteiger charge is 2.10. The van der Waals surface area contributed by atoms with Crippen LogP contribution in [-0.4, -0.2) is 16.6 Å². The molecule has 0 saturated heterocycles. The summed E-state index contributed by atoms with van der Waals surface area (Å²) in [6, 6.07) is 10.2. The third kappa shape index (κ3) is 2.84. The fraction of sp³-hybridized carbons (Fsp3) is 0.286. The molecule has 4 heteroatoms. The third-order valence-electron chi connectivity index (χ3n) is 2.99. The van der Waals surface area contributed by atoms with Crippen LogP contribution in [0, 0.1) is 6.92 Å². The number of rotatable bonds is 4. The molecule has 4 nitrogen and oxygen atoms in total. The maximum atomic E-state index is 11.6. The monoisotopic (exact) mass is 243 g/mol. The lowest BCUT2D eigenvalue weighted by molar-refractivity contribution is 0.485. The van der Waals surface area contributed by atoms with E-state index in [0.29, 0.717) is 6.54 Å². The van der Waals surface area contributed by atoms with Crippen molar-refractivity contribution < 1.29 is 0 Å². The van der Waals surface area contributed by atoms with Crippen molar-refractivity contribution in [2.45, 2.75) is 19.5 Å². The van der Waals surface area contributed by atoms with Gasteiger partial charge in [0.2, 0.25) is 0 Å². The first kappa shape index (κ1) is 12.5. The molecule has 18 heavy (non-hydrogen) atoms. The van der Waals surface area contributed by atoms with Gasteiger partial charge in [0.25, 0.3) is 0 Å². The highest BCUT2D eigenvalue weighted by atomic mass is 16.1. The summed E-state index contributed by atoms with van der Waals surface area (Å²) in [6.45, 7) is 2.63. The molecule has 1 unspecified atom stereocenters. The van der Waals surface area contributed by atoms with Gasteiger partial charge in [-0.1, -0.05) is 29.8 Å². The van der Waals surface area contributed by atoms with Gasteiger partial charge < -0.3 is 5.32 Å². The van der Waals surface area contributed by atoms with Crippen LogP contribution in [0.2, 0.25) is 0 Å². The van der Waals surface area contributed by atoms with Crippen LogP contribution in [0.5, 0.6) is 0 Å². The Balaban J connectivity index is 2.22. The third-order valence-corrected chi connectivity index (χ3v) is 2.99. The van der Waals surface area contributed by atoms with Gasteiger partial charge in [-0.3, -0.25) is 4.57 Å². The molecule has 0 amide bonds. The van der Waals surface area contributed by atoms with Crippen molar-refractivity contribution in [2.75, 3.05) is 7.05 Å². The van der Waals surface area contributed by atoms with Crippen molar-refractivity contribution >= 4 is 0 Å². The van der Waals surface area contributed by atoms with E-state index >= 15 is 0 Å². The molecule has 2 aromatic rings. The Morgan fingerprint density at radius 1 is 1.33 bits per heavy atom. The first-order valence-corrected chi connectivity index (χ1v) is 5.96. The number of aryl methyl sites for hydroxylation is 1. The molecule has 0 aliphatic carbocycles. The molecule has 1 atom stereocenters. The van der Waals surface area contributed by atoms with E-state index in [4.69, 9.17) is 0 Å². The zero-order valence-corrected chi connectivity index (χ0v) is 10.6. The smallest absolute Gasteiger partial charge is 0.312 e. The van der Waals surface area contributed by atoms with Crippen LogP contribution in [0.15, 0.2) is 47.5 Å². The van der Waals surface area contributed by atoms with Gasteiger partial charge in [-0.05, 0) is 25.6 Å². The highest BCUT2D eigenvalue weighted by molar-refractivity contribution is 5.24. The Labute approximate surface area is 106 Å². The molecule has 1 aromatic carbocycles. The number of benzene rings is 1. The first-order valence-electron chi connectivity index (χ1n) is 5.96. The number of aromatic nitrogens is 2. The molecule has 1 heterocycles. The number of hydrogen-bond acceptors (Lipinski definition) is 3. The lowest BCUT2D eigenvalue weighted by Gasteiger charge is -2.17. The summed E-state index contributed by atoms with van der Waals surface area (Å²) in [5.41, 5.74) is 2.18. The van der Waals surface area contributed by atoms with E-state index in [2.05, 4.69) is 41.5 Å². The Kier molecular flexibility index (Phi) is 3.89. The van der Waals surface area contributed by atoms with Crippen molar-refractivity contribution in [2.24, 2.45) is 0 Å². The molecule has 0 aliphatic heterocycles. The SMILES string of the molecule is CNC(Cn1cccnc1=O)c1ccc(C)cc1. The predicted molar refractivity (Wildman–Crippen MR) is 71.5 cm³/mol. The molecule has 1 aromatic heterocycles. The van der Waals surface area contributed by atoms with Crippen LogP contribution in [0.25, 0.3) is 0 Å². The number of likely N-dealkylation sites (N-methyl/N-ethyl adjacent to an activating group) is 1. The van der Waals surface area contributed by atoms with Crippen LogP contribution >= 0.6 is 0 Å². The normalized spacial score (nSPS) is 12.3. The van der Waals surface area contributed by atoms with Gasteiger partial charge in [0.1, 0.15) is 0 Å². The van der Waals surface area contributed by atoms with E-state index in [-0.39, 0.29) is 11.7 Å². The summed E-state index contributed by atoms with van der Waals surface area (Å²) in [5, 5.41) is 3.23. The fourth-order valence-corrected chi connectivity index (χ4v) is 1.88. The van der Waals surface area contributed by atoms with Crippen molar-refractivity contribution in [3.05, 3.63) is 64.3 Å². The van der Waals surface area contributed by atoms with Gasteiger partial charge >= 0.3 is 5.69 Å². The first-order chi connectivity index (χ1) is 8.70. The lowest BCUT2D eigenvalue weighted by Crippen LogP contribution is -2.29. The summed E-state index contributed by atoms with van der Waals surface area (Å²) in [4.78, 5) is 15.3. The van der Waals surface area contributed by atoms with Crippen LogP contribution in [-0.2, 0) is 6.54 Å². The van der Waals surface area contributed by atoms with E-state index in [1.807, 2.05) is 7.05 Å². The Hall–Kier alpha value is -1.94. The molecular weight excluding hydrogens is 226 g/mol. The average molecular weight is 243 g/mol. The molecular formula is C14H17N3O. The Morgan fingerprint density at radius 3 is 2.67 bits per heavy atom. The minimum absolute atomic E-state index is 0.104. The van der Waals surface area contributed by atoms with Crippen molar-refractivity contribution in [3.8, 4) is 0 Å². The summed E-state index contributed by atoms with van der Waals surface area (Å²) in [6.07, 6.45) is 3.27. The van der Waals surface area contributed by atoms with E-state index in [9.17, 15) is 4.79 Å². The second kappa shape index (κ2) is 5.60. The maximum absolute atomic E-state index is 11.6. The van der Waals surface area contributed by atoms with Crippen molar-refractivity contribution in [3.63, 3.8) is 0 Å². The standard InChI is InChI=1S/C14H17N3O/c1-11-4-6-12(7-5-11)13(15-2)10-17-9-3-8-16-14(17)18/h3-9,13,15H,10H2,1-2H3. The van der Waals surface area contributed by atoms with Crippen molar-refractivity contribution in [1.82, 2.24) is 14.9 Å². The van der Waals surface area contributed by atoms with E-state index < -0.39 is 0 Å². The molecule has 0 spiro atoms. The topological polar surface area (TPSA) is 46.9 Å². The highest BCUT2D eigenvalue weighted by Crippen LogP contribution is 2.14. The van der Waals surface area contributed by atoms with Gasteiger partial charge in [0.15, 0.2) is 0 Å². The predicted octanol–water partition coefficient (Wildman–Crippen LogP) is 1.51. The van der Waals surface area contributed by atoms with Crippen molar-refractivity contribution in [1.29, 1.82) is 0 Å². The van der Waals surface area contributed by atoms with E-state index in [1.54, 1.807) is 16.8 Å². The molecule has 0 bridgehead atoms. The fourth-order valence-electron chi connectivity index (χ4n) is 1.88. The summed E-state index contributed by atoms with van der Waals surface area (Å²) in [5.74, 6) is 0. The quantitative estimate of drug-likeness (QED) is 0.885. The van der Waals surface area contributed by atoms with Gasteiger partial charge in [0.05, 0.1) is 6.04 Å². The zero-order valence-electron chi connectivity index (χ0n) is 10.6. The summed E-state index contributed by atoms with van der Waals surface area (Å²) < 4.78 is 1.61. The average Bonchev–Trinajstić information content (AvgIpc) is 2.39. The maximum Gasteiger partial charge on any atom is 0.347 e. The molecule has 0 fully saturated rings. The van der Waals surface area contributed by atoms with Gasteiger partial charge in [-0.25, -0.2) is 9.78 Å². The minimum Gasteiger partial charge on any atom is -0.312 e. The number of hydrogen-bond donors (Lipinski definition) is 1. The Morgan fingerprint density at radius 2 is 2.06 bits per heavy atom. The van der Waals surface area contributed by atoms with E-state index in [0.717, 1.165) is 0 Å². The summed E-state index contributed by atoms with van der Waals surface area (Å²) in [7, 11) is 1.89. The van der Waals surface area contributed by atoms with E-state index in [1.165, 1.54) is 17.3 Å². The molecule has 1 N–H and O–H groups in total. The number of nitrogens with zero attached hydrogens (tertiary/aromatic N) is 2. The molecule has 94 valence electrons. The summed E-state index contributed by atoms with van der Waals surface area (Å²) >= 11 is 0. The van der Waals surface area contributed by atoms with Gasteiger partial charge in [-0.15, -0.1) is 0 Å². The van der Waals surface area contributed by atoms with Crippen LogP contribution in [0.1, 0.15) is 17.2 Å². The van der Waals surface area contributed by atoms with Gasteiger partial charge in [0, 0.05) is 18.9 Å². The lowest BCUT2D eigenvalue weighted by atomic mass is 10.1. The molecule has 0 saturated carbocycles. The largest absolute Gasteiger partial charge is 0.347 e. The Bertz CT molecular complexity index is 560.